The van der Waals surface area contributed by atoms with Crippen LogP contribution in [0.4, 0.5) is 0 Å². The highest BCUT2D eigenvalue weighted by Gasteiger charge is 2.25. The Kier molecular flexibility index (Phi) is 6.79. The summed E-state index contributed by atoms with van der Waals surface area (Å²) in [5.74, 6) is 1.65. The Labute approximate surface area is 126 Å². The van der Waals surface area contributed by atoms with E-state index in [-0.39, 0.29) is 0 Å². The molecular weight excluding hydrogens is 246 g/mol. The molecule has 2 atom stereocenters. The summed E-state index contributed by atoms with van der Waals surface area (Å²) >= 11 is 0. The van der Waals surface area contributed by atoms with Gasteiger partial charge in [-0.2, -0.15) is 0 Å². The summed E-state index contributed by atoms with van der Waals surface area (Å²) in [5.41, 5.74) is 0. The summed E-state index contributed by atoms with van der Waals surface area (Å²) in [6, 6.07) is 0.748. The first kappa shape index (κ1) is 16.3. The molecule has 2 aliphatic heterocycles. The van der Waals surface area contributed by atoms with Gasteiger partial charge < -0.3 is 10.2 Å². The van der Waals surface area contributed by atoms with E-state index in [0.29, 0.717) is 0 Å². The number of hydrogen-bond donors (Lipinski definition) is 1. The molecule has 0 spiro atoms. The van der Waals surface area contributed by atoms with Crippen molar-refractivity contribution in [1.29, 1.82) is 0 Å². The zero-order chi connectivity index (χ0) is 14.4. The zero-order valence-corrected chi connectivity index (χ0v) is 13.9. The standard InChI is InChI=1S/C17H35N3/c1-15(2)11-18-12-17-7-10-19(14-17)13-16(3)20-8-5-4-6-9-20/h15-18H,4-14H2,1-3H3. The van der Waals surface area contributed by atoms with Crippen molar-refractivity contribution >= 4 is 0 Å². The molecule has 0 saturated carbocycles. The third-order valence-electron chi connectivity index (χ3n) is 4.89. The van der Waals surface area contributed by atoms with Crippen LogP contribution < -0.4 is 5.32 Å². The average molecular weight is 281 g/mol. The van der Waals surface area contributed by atoms with E-state index >= 15 is 0 Å². The van der Waals surface area contributed by atoms with Crippen molar-refractivity contribution in [3.63, 3.8) is 0 Å². The van der Waals surface area contributed by atoms with Gasteiger partial charge in [0.05, 0.1) is 0 Å². The lowest BCUT2D eigenvalue weighted by Gasteiger charge is -2.34. The van der Waals surface area contributed by atoms with Crippen LogP contribution in [0.25, 0.3) is 0 Å². The minimum absolute atomic E-state index is 0.748. The molecule has 2 saturated heterocycles. The summed E-state index contributed by atoms with van der Waals surface area (Å²) in [7, 11) is 0. The number of likely N-dealkylation sites (tertiary alicyclic amines) is 2. The van der Waals surface area contributed by atoms with Crippen molar-refractivity contribution in [2.24, 2.45) is 11.8 Å². The highest BCUT2D eigenvalue weighted by Crippen LogP contribution is 2.18. The topological polar surface area (TPSA) is 18.5 Å². The molecule has 2 aliphatic rings. The molecule has 3 nitrogen and oxygen atoms in total. The normalized spacial score (nSPS) is 27.3. The first-order valence-electron chi connectivity index (χ1n) is 8.82. The van der Waals surface area contributed by atoms with E-state index in [1.165, 1.54) is 71.5 Å². The van der Waals surface area contributed by atoms with Crippen molar-refractivity contribution in [2.75, 3.05) is 45.8 Å². The summed E-state index contributed by atoms with van der Waals surface area (Å²) in [5, 5.41) is 3.63. The van der Waals surface area contributed by atoms with Crippen LogP contribution in [-0.4, -0.2) is 61.7 Å². The molecule has 2 fully saturated rings. The highest BCUT2D eigenvalue weighted by atomic mass is 15.2. The van der Waals surface area contributed by atoms with Crippen LogP contribution in [0.3, 0.4) is 0 Å². The second kappa shape index (κ2) is 8.35. The Balaban J connectivity index is 1.62. The minimum Gasteiger partial charge on any atom is -0.316 e. The van der Waals surface area contributed by atoms with Crippen LogP contribution >= 0.6 is 0 Å². The van der Waals surface area contributed by atoms with Crippen molar-refractivity contribution < 1.29 is 0 Å². The second-order valence-corrected chi connectivity index (χ2v) is 7.41. The molecule has 20 heavy (non-hydrogen) atoms. The summed E-state index contributed by atoms with van der Waals surface area (Å²) in [6.07, 6.45) is 5.65. The molecule has 118 valence electrons. The fourth-order valence-electron chi connectivity index (χ4n) is 3.67. The van der Waals surface area contributed by atoms with Gasteiger partial charge in [-0.25, -0.2) is 0 Å². The van der Waals surface area contributed by atoms with Crippen molar-refractivity contribution in [2.45, 2.75) is 52.5 Å². The highest BCUT2D eigenvalue weighted by molar-refractivity contribution is 4.81. The largest absolute Gasteiger partial charge is 0.316 e. The molecule has 2 rings (SSSR count). The monoisotopic (exact) mass is 281 g/mol. The Hall–Kier alpha value is -0.120. The molecule has 2 heterocycles. The summed E-state index contributed by atoms with van der Waals surface area (Å²) < 4.78 is 0. The second-order valence-electron chi connectivity index (χ2n) is 7.41. The Bertz CT molecular complexity index is 261. The van der Waals surface area contributed by atoms with Crippen LogP contribution in [0.15, 0.2) is 0 Å². The van der Waals surface area contributed by atoms with E-state index < -0.39 is 0 Å². The lowest BCUT2D eigenvalue weighted by molar-refractivity contribution is 0.137. The molecule has 0 aliphatic carbocycles. The van der Waals surface area contributed by atoms with Crippen molar-refractivity contribution in [1.82, 2.24) is 15.1 Å². The maximum Gasteiger partial charge on any atom is 0.0194 e. The van der Waals surface area contributed by atoms with E-state index in [0.717, 1.165) is 17.9 Å². The third kappa shape index (κ3) is 5.34. The van der Waals surface area contributed by atoms with Gasteiger partial charge in [0.15, 0.2) is 0 Å². The van der Waals surface area contributed by atoms with Gasteiger partial charge >= 0.3 is 0 Å². The lowest BCUT2D eigenvalue weighted by atomic mass is 10.1. The fraction of sp³-hybridized carbons (Fsp3) is 1.00. The van der Waals surface area contributed by atoms with Crippen LogP contribution in [0.2, 0.25) is 0 Å². The van der Waals surface area contributed by atoms with Gasteiger partial charge in [0.1, 0.15) is 0 Å². The maximum absolute atomic E-state index is 3.63. The number of piperidine rings is 1. The minimum atomic E-state index is 0.748. The van der Waals surface area contributed by atoms with E-state index in [1.807, 2.05) is 0 Å². The van der Waals surface area contributed by atoms with Crippen LogP contribution in [0.1, 0.15) is 46.5 Å². The molecule has 0 aromatic heterocycles. The van der Waals surface area contributed by atoms with Gasteiger partial charge in [-0.15, -0.1) is 0 Å². The molecule has 3 heteroatoms. The van der Waals surface area contributed by atoms with Crippen LogP contribution in [0, 0.1) is 11.8 Å². The van der Waals surface area contributed by atoms with Gasteiger partial charge in [0.2, 0.25) is 0 Å². The molecule has 1 N–H and O–H groups in total. The maximum atomic E-state index is 3.63. The zero-order valence-electron chi connectivity index (χ0n) is 13.9. The SMILES string of the molecule is CC(C)CNCC1CCN(CC(C)N2CCCCC2)C1. The molecule has 0 bridgehead atoms. The van der Waals surface area contributed by atoms with Crippen molar-refractivity contribution in [3.05, 3.63) is 0 Å². The number of rotatable bonds is 7. The van der Waals surface area contributed by atoms with Gasteiger partial charge in [-0.05, 0) is 70.7 Å². The molecule has 0 aromatic rings. The van der Waals surface area contributed by atoms with Crippen molar-refractivity contribution in [3.8, 4) is 0 Å². The fourth-order valence-corrected chi connectivity index (χ4v) is 3.67. The van der Waals surface area contributed by atoms with E-state index in [2.05, 4.69) is 35.9 Å². The molecule has 2 unspecified atom stereocenters. The van der Waals surface area contributed by atoms with Crippen LogP contribution in [0.5, 0.6) is 0 Å². The Morgan fingerprint density at radius 1 is 1.05 bits per heavy atom. The first-order chi connectivity index (χ1) is 9.65. The summed E-state index contributed by atoms with van der Waals surface area (Å²) in [6.45, 7) is 15.9. The van der Waals surface area contributed by atoms with E-state index in [9.17, 15) is 0 Å². The number of nitrogens with one attached hydrogen (secondary N) is 1. The molecule has 0 aromatic carbocycles. The Morgan fingerprint density at radius 3 is 2.50 bits per heavy atom. The van der Waals surface area contributed by atoms with Gasteiger partial charge in [-0.3, -0.25) is 4.90 Å². The smallest absolute Gasteiger partial charge is 0.0194 e. The van der Waals surface area contributed by atoms with Gasteiger partial charge in [0, 0.05) is 19.1 Å². The Morgan fingerprint density at radius 2 is 1.80 bits per heavy atom. The molecule has 0 amide bonds. The predicted molar refractivity (Wildman–Crippen MR) is 87.1 cm³/mol. The predicted octanol–water partition coefficient (Wildman–Crippen LogP) is 2.43. The van der Waals surface area contributed by atoms with E-state index in [1.54, 1.807) is 0 Å². The lowest BCUT2D eigenvalue weighted by Crippen LogP contribution is -2.44. The average Bonchev–Trinajstić information content (AvgIpc) is 2.87. The third-order valence-corrected chi connectivity index (χ3v) is 4.89. The van der Waals surface area contributed by atoms with E-state index in [4.69, 9.17) is 0 Å². The quantitative estimate of drug-likeness (QED) is 0.773. The number of hydrogen-bond acceptors (Lipinski definition) is 3. The summed E-state index contributed by atoms with van der Waals surface area (Å²) in [4.78, 5) is 5.40. The number of nitrogens with zero attached hydrogens (tertiary/aromatic N) is 2. The van der Waals surface area contributed by atoms with Gasteiger partial charge in [-0.1, -0.05) is 20.3 Å². The van der Waals surface area contributed by atoms with Crippen LogP contribution in [-0.2, 0) is 0 Å². The van der Waals surface area contributed by atoms with Gasteiger partial charge in [0.25, 0.3) is 0 Å². The molecular formula is C17H35N3. The first-order valence-corrected chi connectivity index (χ1v) is 8.82. The molecule has 0 radical (unpaired) electrons.